The highest BCUT2D eigenvalue weighted by Crippen LogP contribution is 2.38. The number of rotatable bonds is 8. The second kappa shape index (κ2) is 14.9. The lowest BCUT2D eigenvalue weighted by atomic mass is 9.79. The normalized spacial score (nSPS) is 17.7. The zero-order valence-electron chi connectivity index (χ0n) is 24.2. The van der Waals surface area contributed by atoms with E-state index in [0.29, 0.717) is 24.5 Å². The number of alkyl halides is 6. The monoisotopic (exact) mass is 605 g/mol. The predicted molar refractivity (Wildman–Crippen MR) is 148 cm³/mol. The van der Waals surface area contributed by atoms with E-state index in [1.165, 1.54) is 19.2 Å². The fraction of sp³-hybridized carbons (Fsp3) is 0.500. The first-order chi connectivity index (χ1) is 19.6. The topological polar surface area (TPSA) is 55.8 Å². The zero-order chi connectivity index (χ0) is 31.8. The van der Waals surface area contributed by atoms with Crippen LogP contribution in [0.4, 0.5) is 35.5 Å². The number of hydrogen-bond acceptors (Lipinski definition) is 3. The van der Waals surface area contributed by atoms with Crippen molar-refractivity contribution in [3.05, 3.63) is 76.6 Å². The van der Waals surface area contributed by atoms with E-state index >= 15 is 0 Å². The quantitative estimate of drug-likeness (QED) is 0.319. The van der Waals surface area contributed by atoms with Crippen molar-refractivity contribution < 1.29 is 40.6 Å². The number of amides is 2. The SMILES string of the molecule is C=C(c1cc(C(F)(F)F)cc(C(F)(F)F)c1)N(C)C(=O)NCC[C@@H]1CN(CC)CC[C@H]1Cc1ccc(F)cc1C.CO. The number of aryl methyl sites for hydroxylation is 1. The predicted octanol–water partition coefficient (Wildman–Crippen LogP) is 6.98. The number of aliphatic hydroxyl groups is 1. The fourth-order valence-electron chi connectivity index (χ4n) is 5.13. The smallest absolute Gasteiger partial charge is 0.400 e. The van der Waals surface area contributed by atoms with Crippen LogP contribution in [0.5, 0.6) is 0 Å². The Balaban J connectivity index is 0.00000301. The molecule has 42 heavy (non-hydrogen) atoms. The first kappa shape index (κ1) is 35.1. The van der Waals surface area contributed by atoms with Crippen molar-refractivity contribution in [3.63, 3.8) is 0 Å². The zero-order valence-corrected chi connectivity index (χ0v) is 24.2. The largest absolute Gasteiger partial charge is 0.416 e. The Morgan fingerprint density at radius 1 is 1.05 bits per heavy atom. The standard InChI is InChI=1S/C29H34F7N3O.CH4O/c1-5-39-11-9-21(13-20-6-7-26(30)12-18(20)2)22(17-39)8-10-37-27(40)38(4)19(3)23-14-24(28(31,32)33)16-25(15-23)29(34,35)36;1-2/h6-7,12,14-16,21-22H,3,5,8-11,13,17H2,1-2,4H3,(H,37,40);2H,1H3/t21-,22+;/m0./s1. The molecule has 5 nitrogen and oxygen atoms in total. The molecule has 0 saturated carbocycles. The Kier molecular flexibility index (Phi) is 12.4. The summed E-state index contributed by atoms with van der Waals surface area (Å²) in [5, 5.41) is 9.72. The average Bonchev–Trinajstić information content (AvgIpc) is 2.94. The van der Waals surface area contributed by atoms with Crippen LogP contribution in [0.3, 0.4) is 0 Å². The summed E-state index contributed by atoms with van der Waals surface area (Å²) < 4.78 is 93.1. The molecule has 1 fully saturated rings. The van der Waals surface area contributed by atoms with Crippen LogP contribution in [0, 0.1) is 24.6 Å². The molecule has 1 aliphatic rings. The molecule has 0 radical (unpaired) electrons. The van der Waals surface area contributed by atoms with Crippen LogP contribution in [0.1, 0.15) is 47.6 Å². The number of halogens is 7. The first-order valence-corrected chi connectivity index (χ1v) is 13.5. The summed E-state index contributed by atoms with van der Waals surface area (Å²) in [7, 11) is 2.24. The van der Waals surface area contributed by atoms with Gasteiger partial charge in [0, 0.05) is 32.9 Å². The molecule has 2 aromatic rings. The molecule has 0 aliphatic carbocycles. The molecular weight excluding hydrogens is 567 g/mol. The van der Waals surface area contributed by atoms with Crippen LogP contribution in [0.25, 0.3) is 5.70 Å². The molecule has 3 rings (SSSR count). The molecule has 2 atom stereocenters. The van der Waals surface area contributed by atoms with Crippen LogP contribution >= 0.6 is 0 Å². The molecule has 2 amide bonds. The number of urea groups is 1. The minimum atomic E-state index is -5.01. The number of likely N-dealkylation sites (tertiary alicyclic amines) is 1. The highest BCUT2D eigenvalue weighted by atomic mass is 19.4. The Labute approximate surface area is 242 Å². The van der Waals surface area contributed by atoms with Crippen molar-refractivity contribution in [1.82, 2.24) is 15.1 Å². The van der Waals surface area contributed by atoms with Crippen molar-refractivity contribution in [2.75, 3.05) is 40.3 Å². The van der Waals surface area contributed by atoms with Gasteiger partial charge in [0.25, 0.3) is 0 Å². The number of carbonyl (C=O) groups is 1. The molecule has 0 unspecified atom stereocenters. The summed E-state index contributed by atoms with van der Waals surface area (Å²) in [5.74, 6) is 0.249. The van der Waals surface area contributed by atoms with Gasteiger partial charge in [-0.2, -0.15) is 26.3 Å². The van der Waals surface area contributed by atoms with Gasteiger partial charge >= 0.3 is 18.4 Å². The van der Waals surface area contributed by atoms with Gasteiger partial charge in [0.1, 0.15) is 5.82 Å². The van der Waals surface area contributed by atoms with E-state index in [4.69, 9.17) is 5.11 Å². The van der Waals surface area contributed by atoms with Gasteiger partial charge in [0.15, 0.2) is 0 Å². The Bertz CT molecular complexity index is 1180. The molecular formula is C30H38F7N3O2. The number of nitrogens with one attached hydrogen (secondary N) is 1. The van der Waals surface area contributed by atoms with Crippen LogP contribution in [0.2, 0.25) is 0 Å². The number of benzene rings is 2. The van der Waals surface area contributed by atoms with E-state index in [-0.39, 0.29) is 30.0 Å². The van der Waals surface area contributed by atoms with Crippen molar-refractivity contribution in [2.45, 2.75) is 45.5 Å². The second-order valence-electron chi connectivity index (χ2n) is 10.3. The van der Waals surface area contributed by atoms with Crippen molar-refractivity contribution in [3.8, 4) is 0 Å². The summed E-state index contributed by atoms with van der Waals surface area (Å²) in [4.78, 5) is 16.0. The van der Waals surface area contributed by atoms with Gasteiger partial charge in [-0.3, -0.25) is 4.90 Å². The van der Waals surface area contributed by atoms with Crippen LogP contribution in [-0.2, 0) is 18.8 Å². The molecule has 0 aromatic heterocycles. The number of carbonyl (C=O) groups excluding carboxylic acids is 1. The van der Waals surface area contributed by atoms with E-state index < -0.39 is 35.1 Å². The Morgan fingerprint density at radius 3 is 2.17 bits per heavy atom. The summed E-state index contributed by atoms with van der Waals surface area (Å²) in [6.45, 7) is 10.4. The van der Waals surface area contributed by atoms with Gasteiger partial charge in [-0.05, 0) is 98.1 Å². The van der Waals surface area contributed by atoms with Crippen molar-refractivity contribution in [1.29, 1.82) is 0 Å². The highest BCUT2D eigenvalue weighted by Gasteiger charge is 2.37. The van der Waals surface area contributed by atoms with Crippen molar-refractivity contribution in [2.24, 2.45) is 11.8 Å². The summed E-state index contributed by atoms with van der Waals surface area (Å²) in [6.07, 6.45) is -7.68. The number of nitrogens with zero attached hydrogens (tertiary/aromatic N) is 2. The highest BCUT2D eigenvalue weighted by molar-refractivity contribution is 5.84. The lowest BCUT2D eigenvalue weighted by Crippen LogP contribution is -2.43. The third-order valence-corrected chi connectivity index (χ3v) is 7.63. The maximum absolute atomic E-state index is 13.6. The minimum absolute atomic E-state index is 0.0322. The van der Waals surface area contributed by atoms with E-state index in [2.05, 4.69) is 23.7 Å². The summed E-state index contributed by atoms with van der Waals surface area (Å²) >= 11 is 0. The second-order valence-corrected chi connectivity index (χ2v) is 10.3. The van der Waals surface area contributed by atoms with Gasteiger partial charge in [0.2, 0.25) is 0 Å². The number of piperidine rings is 1. The lowest BCUT2D eigenvalue weighted by molar-refractivity contribution is -0.143. The molecule has 1 heterocycles. The Hall–Kier alpha value is -3.12. The Morgan fingerprint density at radius 2 is 1.64 bits per heavy atom. The summed E-state index contributed by atoms with van der Waals surface area (Å²) in [6, 6.07) is 5.19. The molecule has 234 valence electrons. The lowest BCUT2D eigenvalue weighted by Gasteiger charge is -2.39. The van der Waals surface area contributed by atoms with Crippen LogP contribution < -0.4 is 5.32 Å². The average molecular weight is 606 g/mol. The van der Waals surface area contributed by atoms with E-state index in [1.54, 1.807) is 6.07 Å². The van der Waals surface area contributed by atoms with Crippen LogP contribution in [-0.4, -0.2) is 61.3 Å². The van der Waals surface area contributed by atoms with Crippen molar-refractivity contribution >= 4 is 11.7 Å². The molecule has 12 heteroatoms. The van der Waals surface area contributed by atoms with E-state index in [9.17, 15) is 35.5 Å². The van der Waals surface area contributed by atoms with E-state index in [1.807, 2.05) is 6.92 Å². The maximum Gasteiger partial charge on any atom is 0.416 e. The van der Waals surface area contributed by atoms with Crippen LogP contribution in [0.15, 0.2) is 43.0 Å². The fourth-order valence-corrected chi connectivity index (χ4v) is 5.13. The van der Waals surface area contributed by atoms with Gasteiger partial charge in [-0.1, -0.05) is 19.6 Å². The maximum atomic E-state index is 13.6. The third kappa shape index (κ3) is 9.45. The summed E-state index contributed by atoms with van der Waals surface area (Å²) in [5.41, 5.74) is -1.76. The first-order valence-electron chi connectivity index (χ1n) is 13.5. The van der Waals surface area contributed by atoms with Gasteiger partial charge in [-0.15, -0.1) is 0 Å². The van der Waals surface area contributed by atoms with Gasteiger partial charge < -0.3 is 15.3 Å². The molecule has 2 aromatic carbocycles. The molecule has 0 spiro atoms. The number of hydrogen-bond donors (Lipinski definition) is 2. The van der Waals surface area contributed by atoms with Gasteiger partial charge in [0.05, 0.1) is 11.1 Å². The molecule has 0 bridgehead atoms. The number of aliphatic hydroxyl groups excluding tert-OH is 1. The minimum Gasteiger partial charge on any atom is -0.400 e. The third-order valence-electron chi connectivity index (χ3n) is 7.63. The molecule has 2 N–H and O–H groups in total. The van der Waals surface area contributed by atoms with Gasteiger partial charge in [-0.25, -0.2) is 9.18 Å². The molecule has 1 aliphatic heterocycles. The molecule has 1 saturated heterocycles. The van der Waals surface area contributed by atoms with E-state index in [0.717, 1.165) is 55.6 Å².